The predicted octanol–water partition coefficient (Wildman–Crippen LogP) is 3.51. The van der Waals surface area contributed by atoms with Gasteiger partial charge >= 0.3 is 5.97 Å². The van der Waals surface area contributed by atoms with Crippen molar-refractivity contribution < 1.29 is 14.3 Å². The van der Waals surface area contributed by atoms with E-state index in [1.165, 1.54) is 17.6 Å². The van der Waals surface area contributed by atoms with E-state index >= 15 is 0 Å². The Morgan fingerprint density at radius 3 is 2.72 bits per heavy atom. The van der Waals surface area contributed by atoms with Gasteiger partial charge in [-0.2, -0.15) is 0 Å². The Morgan fingerprint density at radius 2 is 2.00 bits per heavy atom. The van der Waals surface area contributed by atoms with Crippen LogP contribution in [0.1, 0.15) is 56.2 Å². The van der Waals surface area contributed by atoms with Gasteiger partial charge in [0.2, 0.25) is 0 Å². The molecule has 1 aromatic heterocycles. The summed E-state index contributed by atoms with van der Waals surface area (Å²) < 4.78 is 4.72. The Labute approximate surface area is 150 Å². The number of benzene rings is 1. The van der Waals surface area contributed by atoms with Gasteiger partial charge in [0.15, 0.2) is 0 Å². The van der Waals surface area contributed by atoms with E-state index < -0.39 is 0 Å². The number of hydrogen-bond acceptors (Lipinski definition) is 5. The van der Waals surface area contributed by atoms with Crippen LogP contribution in [0.3, 0.4) is 0 Å². The van der Waals surface area contributed by atoms with Gasteiger partial charge in [-0.15, -0.1) is 11.3 Å². The van der Waals surface area contributed by atoms with Crippen LogP contribution in [0.25, 0.3) is 0 Å². The highest BCUT2D eigenvalue weighted by molar-refractivity contribution is 7.16. The molecule has 0 bridgehead atoms. The van der Waals surface area contributed by atoms with Gasteiger partial charge in [-0.05, 0) is 48.4 Å². The van der Waals surface area contributed by atoms with E-state index in [2.05, 4.69) is 17.6 Å². The largest absolute Gasteiger partial charge is 0.465 e. The van der Waals surface area contributed by atoms with Crippen LogP contribution in [0.4, 0.5) is 5.00 Å². The lowest BCUT2D eigenvalue weighted by molar-refractivity contribution is 0.0600. The molecule has 0 fully saturated rings. The Kier molecular flexibility index (Phi) is 4.00. The molecule has 2 heterocycles. The topological polar surface area (TPSA) is 67.4 Å². The van der Waals surface area contributed by atoms with Crippen molar-refractivity contribution in [2.75, 3.05) is 12.4 Å². The van der Waals surface area contributed by atoms with Gasteiger partial charge in [0.25, 0.3) is 5.91 Å². The molecule has 1 aromatic carbocycles. The van der Waals surface area contributed by atoms with Gasteiger partial charge in [0.05, 0.1) is 18.2 Å². The molecule has 2 aromatic rings. The summed E-state index contributed by atoms with van der Waals surface area (Å²) in [6, 6.07) is 7.10. The SMILES string of the molecule is COC(=O)c1ccc([C@@H]2NC(=O)c3c(sc4c3CC[C@H](C)C4)N2)cc1. The number of carbonyl (C=O) groups is 2. The zero-order valence-electron chi connectivity index (χ0n) is 14.2. The van der Waals surface area contributed by atoms with Crippen molar-refractivity contribution in [3.8, 4) is 0 Å². The zero-order valence-corrected chi connectivity index (χ0v) is 15.0. The third-order valence-corrected chi connectivity index (χ3v) is 6.14. The summed E-state index contributed by atoms with van der Waals surface area (Å²) >= 11 is 1.71. The molecule has 130 valence electrons. The number of methoxy groups -OCH3 is 1. The fourth-order valence-electron chi connectivity index (χ4n) is 3.56. The van der Waals surface area contributed by atoms with Crippen molar-refractivity contribution in [2.24, 2.45) is 5.92 Å². The van der Waals surface area contributed by atoms with Gasteiger partial charge in [-0.3, -0.25) is 4.79 Å². The van der Waals surface area contributed by atoms with Crippen LogP contribution in [-0.2, 0) is 17.6 Å². The van der Waals surface area contributed by atoms with Crippen molar-refractivity contribution in [3.63, 3.8) is 0 Å². The molecule has 2 atom stereocenters. The second-order valence-corrected chi connectivity index (χ2v) is 7.83. The highest BCUT2D eigenvalue weighted by Crippen LogP contribution is 2.42. The smallest absolute Gasteiger partial charge is 0.337 e. The Hall–Kier alpha value is -2.34. The lowest BCUT2D eigenvalue weighted by Gasteiger charge is -2.27. The van der Waals surface area contributed by atoms with Crippen LogP contribution in [-0.4, -0.2) is 19.0 Å². The van der Waals surface area contributed by atoms with E-state index in [-0.39, 0.29) is 18.0 Å². The minimum Gasteiger partial charge on any atom is -0.465 e. The van der Waals surface area contributed by atoms with Crippen molar-refractivity contribution in [1.82, 2.24) is 5.32 Å². The number of amides is 1. The fourth-order valence-corrected chi connectivity index (χ4v) is 5.00. The van der Waals surface area contributed by atoms with Gasteiger partial charge in [-0.25, -0.2) is 4.79 Å². The van der Waals surface area contributed by atoms with E-state index in [1.54, 1.807) is 23.5 Å². The molecular formula is C19H20N2O3S. The van der Waals surface area contributed by atoms with Gasteiger partial charge in [-0.1, -0.05) is 19.1 Å². The van der Waals surface area contributed by atoms with Crippen molar-refractivity contribution >= 4 is 28.2 Å². The maximum absolute atomic E-state index is 12.7. The number of hydrogen-bond donors (Lipinski definition) is 2. The second-order valence-electron chi connectivity index (χ2n) is 6.72. The average molecular weight is 356 g/mol. The molecule has 0 spiro atoms. The summed E-state index contributed by atoms with van der Waals surface area (Å²) in [5.74, 6) is 0.301. The van der Waals surface area contributed by atoms with Crippen molar-refractivity contribution in [3.05, 3.63) is 51.4 Å². The van der Waals surface area contributed by atoms with Crippen molar-refractivity contribution in [2.45, 2.75) is 32.4 Å². The molecule has 4 rings (SSSR count). The molecule has 6 heteroatoms. The number of nitrogens with one attached hydrogen (secondary N) is 2. The molecule has 0 saturated carbocycles. The standard InChI is InChI=1S/C19H20N2O3S/c1-10-3-8-13-14(9-10)25-18-15(13)17(22)20-16(21-18)11-4-6-12(7-5-11)19(23)24-2/h4-7,10,16,21H,3,8-9H2,1-2H3,(H,20,22)/t10-,16+/m0/s1. The third kappa shape index (κ3) is 2.80. The number of thiophene rings is 1. The predicted molar refractivity (Wildman–Crippen MR) is 97.1 cm³/mol. The maximum atomic E-state index is 12.7. The van der Waals surface area contributed by atoms with Crippen LogP contribution >= 0.6 is 11.3 Å². The third-order valence-electron chi connectivity index (χ3n) is 4.95. The Bertz CT molecular complexity index is 841. The fraction of sp³-hybridized carbons (Fsp3) is 0.368. The summed E-state index contributed by atoms with van der Waals surface area (Å²) in [5, 5.41) is 7.45. The molecule has 2 N–H and O–H groups in total. The van der Waals surface area contributed by atoms with Crippen LogP contribution in [0, 0.1) is 5.92 Å². The molecular weight excluding hydrogens is 336 g/mol. The quantitative estimate of drug-likeness (QED) is 0.808. The van der Waals surface area contributed by atoms with Crippen LogP contribution in [0.5, 0.6) is 0 Å². The number of carbonyl (C=O) groups excluding carboxylic acids is 2. The van der Waals surface area contributed by atoms with Gasteiger partial charge < -0.3 is 15.4 Å². The second kappa shape index (κ2) is 6.19. The molecule has 25 heavy (non-hydrogen) atoms. The molecule has 2 aliphatic rings. The van der Waals surface area contributed by atoms with E-state index in [4.69, 9.17) is 4.74 Å². The molecule has 0 saturated heterocycles. The molecule has 0 unspecified atom stereocenters. The first-order valence-corrected chi connectivity index (χ1v) is 9.28. The number of anilines is 1. The normalized spacial score (nSPS) is 21.6. The minimum atomic E-state index is -0.366. The molecule has 1 aliphatic carbocycles. The van der Waals surface area contributed by atoms with Crippen LogP contribution < -0.4 is 10.6 Å². The lowest BCUT2D eigenvalue weighted by Crippen LogP contribution is -2.38. The number of esters is 1. The summed E-state index contributed by atoms with van der Waals surface area (Å²) in [6.07, 6.45) is 2.89. The van der Waals surface area contributed by atoms with Crippen LogP contribution in [0.15, 0.2) is 24.3 Å². The summed E-state index contributed by atoms with van der Waals surface area (Å²) in [6.45, 7) is 2.26. The number of rotatable bonds is 2. The van der Waals surface area contributed by atoms with Crippen molar-refractivity contribution in [1.29, 1.82) is 0 Å². The first-order chi connectivity index (χ1) is 12.1. The first-order valence-electron chi connectivity index (χ1n) is 8.47. The zero-order chi connectivity index (χ0) is 17.6. The molecule has 5 nitrogen and oxygen atoms in total. The van der Waals surface area contributed by atoms with Gasteiger partial charge in [0, 0.05) is 4.88 Å². The van der Waals surface area contributed by atoms with Gasteiger partial charge in [0.1, 0.15) is 11.2 Å². The van der Waals surface area contributed by atoms with Crippen LogP contribution in [0.2, 0.25) is 0 Å². The number of ether oxygens (including phenoxy) is 1. The van der Waals surface area contributed by atoms with E-state index in [1.807, 2.05) is 12.1 Å². The summed E-state index contributed by atoms with van der Waals surface area (Å²) in [4.78, 5) is 25.6. The molecule has 0 radical (unpaired) electrons. The first kappa shape index (κ1) is 16.1. The summed E-state index contributed by atoms with van der Waals surface area (Å²) in [7, 11) is 1.36. The average Bonchev–Trinajstić information content (AvgIpc) is 2.98. The molecule has 1 aliphatic heterocycles. The van der Waals surface area contributed by atoms with E-state index in [9.17, 15) is 9.59 Å². The van der Waals surface area contributed by atoms with E-state index in [0.29, 0.717) is 11.5 Å². The number of fused-ring (bicyclic) bond motifs is 3. The Balaban J connectivity index is 1.61. The molecule has 1 amide bonds. The monoisotopic (exact) mass is 356 g/mol. The van der Waals surface area contributed by atoms with E-state index in [0.717, 1.165) is 35.4 Å². The highest BCUT2D eigenvalue weighted by Gasteiger charge is 2.33. The highest BCUT2D eigenvalue weighted by atomic mass is 32.1. The maximum Gasteiger partial charge on any atom is 0.337 e. The lowest BCUT2D eigenvalue weighted by atomic mass is 9.88. The summed E-state index contributed by atoms with van der Waals surface area (Å²) in [5.41, 5.74) is 3.46. The minimum absolute atomic E-state index is 0.0113. The Morgan fingerprint density at radius 1 is 1.24 bits per heavy atom.